The molecule has 0 heterocycles. The molecule has 0 bridgehead atoms. The van der Waals surface area contributed by atoms with Crippen molar-refractivity contribution < 1.29 is 9.47 Å². The molecular formula is C27H36O2. The van der Waals surface area contributed by atoms with Crippen LogP contribution in [0, 0.1) is 0 Å². The Kier molecular flexibility index (Phi) is 11.8. The normalized spacial score (nSPS) is 13.5. The highest BCUT2D eigenvalue weighted by Gasteiger charge is 2.00. The molecule has 0 radical (unpaired) electrons. The Morgan fingerprint density at radius 3 is 2.21 bits per heavy atom. The first kappa shape index (κ1) is 23.1. The largest absolute Gasteiger partial charge is 0.377 e. The van der Waals surface area contributed by atoms with Gasteiger partial charge in [-0.25, -0.2) is 0 Å². The fraction of sp³-hybridized carbons (Fsp3) is 0.407. The lowest BCUT2D eigenvalue weighted by atomic mass is 10.1. The van der Waals surface area contributed by atoms with Crippen LogP contribution in [0.25, 0.3) is 6.08 Å². The molecular weight excluding hydrogens is 356 g/mol. The van der Waals surface area contributed by atoms with Gasteiger partial charge in [0, 0.05) is 13.2 Å². The zero-order valence-corrected chi connectivity index (χ0v) is 17.8. The topological polar surface area (TPSA) is 18.5 Å². The minimum atomic E-state index is 0.694. The summed E-state index contributed by atoms with van der Waals surface area (Å²) in [5.41, 5.74) is 5.02. The molecule has 156 valence electrons. The molecule has 0 amide bonds. The van der Waals surface area contributed by atoms with E-state index >= 15 is 0 Å². The number of allylic oxidation sites excluding steroid dienone is 5. The quantitative estimate of drug-likeness (QED) is 0.232. The van der Waals surface area contributed by atoms with Gasteiger partial charge in [0.05, 0.1) is 13.2 Å². The second kappa shape index (κ2) is 14.8. The van der Waals surface area contributed by atoms with Crippen molar-refractivity contribution in [2.24, 2.45) is 0 Å². The Bertz CT molecular complexity index is 692. The van der Waals surface area contributed by atoms with Crippen molar-refractivity contribution in [1.29, 1.82) is 0 Å². The molecule has 1 aromatic carbocycles. The molecule has 2 nitrogen and oxygen atoms in total. The third-order valence-electron chi connectivity index (χ3n) is 4.98. The van der Waals surface area contributed by atoms with Crippen molar-refractivity contribution in [3.05, 3.63) is 90.1 Å². The van der Waals surface area contributed by atoms with Gasteiger partial charge in [-0.15, -0.1) is 6.58 Å². The van der Waals surface area contributed by atoms with Gasteiger partial charge in [0.25, 0.3) is 0 Å². The van der Waals surface area contributed by atoms with Gasteiger partial charge < -0.3 is 9.47 Å². The Hall–Kier alpha value is -2.16. The third-order valence-corrected chi connectivity index (χ3v) is 4.98. The smallest absolute Gasteiger partial charge is 0.0716 e. The first-order valence-corrected chi connectivity index (χ1v) is 10.8. The zero-order valence-electron chi connectivity index (χ0n) is 17.8. The van der Waals surface area contributed by atoms with E-state index in [9.17, 15) is 0 Å². The van der Waals surface area contributed by atoms with Crippen LogP contribution in [0.3, 0.4) is 0 Å². The van der Waals surface area contributed by atoms with Gasteiger partial charge in [-0.2, -0.15) is 0 Å². The highest BCUT2D eigenvalue weighted by molar-refractivity contribution is 5.47. The maximum absolute atomic E-state index is 5.83. The van der Waals surface area contributed by atoms with Crippen LogP contribution >= 0.6 is 0 Å². The van der Waals surface area contributed by atoms with E-state index in [1.165, 1.54) is 36.0 Å². The highest BCUT2D eigenvalue weighted by Crippen LogP contribution is 2.15. The van der Waals surface area contributed by atoms with Gasteiger partial charge in [0.2, 0.25) is 0 Å². The van der Waals surface area contributed by atoms with Gasteiger partial charge in [-0.05, 0) is 42.4 Å². The number of ether oxygens (including phenoxy) is 2. The second-order valence-electron chi connectivity index (χ2n) is 7.48. The summed E-state index contributed by atoms with van der Waals surface area (Å²) in [7, 11) is 0. The lowest BCUT2D eigenvalue weighted by Crippen LogP contribution is -1.99. The van der Waals surface area contributed by atoms with E-state index in [1.807, 2.05) is 12.2 Å². The Balaban J connectivity index is 1.42. The molecule has 29 heavy (non-hydrogen) atoms. The molecule has 0 atom stereocenters. The summed E-state index contributed by atoms with van der Waals surface area (Å²) >= 11 is 0. The summed E-state index contributed by atoms with van der Waals surface area (Å²) in [4.78, 5) is 0. The first-order chi connectivity index (χ1) is 14.3. The number of benzene rings is 1. The van der Waals surface area contributed by atoms with Crippen molar-refractivity contribution in [2.45, 2.75) is 51.6 Å². The Labute approximate surface area is 177 Å². The first-order valence-electron chi connectivity index (χ1n) is 10.8. The molecule has 0 N–H and O–H groups in total. The summed E-state index contributed by atoms with van der Waals surface area (Å²) in [6.07, 6.45) is 20.5. The van der Waals surface area contributed by atoms with E-state index in [0.29, 0.717) is 13.2 Å². The summed E-state index contributed by atoms with van der Waals surface area (Å²) in [5.74, 6) is 0. The Morgan fingerprint density at radius 1 is 0.828 bits per heavy atom. The number of hydrogen-bond donors (Lipinski definition) is 0. The van der Waals surface area contributed by atoms with Gasteiger partial charge in [0.1, 0.15) is 0 Å². The predicted molar refractivity (Wildman–Crippen MR) is 125 cm³/mol. The molecule has 0 fully saturated rings. The fourth-order valence-corrected chi connectivity index (χ4v) is 3.21. The van der Waals surface area contributed by atoms with Gasteiger partial charge in [-0.3, -0.25) is 0 Å². The number of unbranched alkanes of at least 4 members (excludes halogenated alkanes) is 4. The fourth-order valence-electron chi connectivity index (χ4n) is 3.21. The molecule has 1 aliphatic carbocycles. The summed E-state index contributed by atoms with van der Waals surface area (Å²) in [5, 5.41) is 0. The van der Waals surface area contributed by atoms with Crippen LogP contribution in [0.15, 0.2) is 78.9 Å². The molecule has 0 unspecified atom stereocenters. The van der Waals surface area contributed by atoms with Crippen molar-refractivity contribution in [3.8, 4) is 0 Å². The van der Waals surface area contributed by atoms with Crippen LogP contribution in [0.5, 0.6) is 0 Å². The van der Waals surface area contributed by atoms with Crippen LogP contribution in [0.4, 0.5) is 0 Å². The van der Waals surface area contributed by atoms with E-state index in [2.05, 4.69) is 61.7 Å². The van der Waals surface area contributed by atoms with Gasteiger partial charge >= 0.3 is 0 Å². The zero-order chi connectivity index (χ0) is 20.6. The van der Waals surface area contributed by atoms with Crippen molar-refractivity contribution in [2.75, 3.05) is 19.8 Å². The summed E-state index contributed by atoms with van der Waals surface area (Å²) < 4.78 is 11.6. The van der Waals surface area contributed by atoms with Gasteiger partial charge in [0.15, 0.2) is 0 Å². The van der Waals surface area contributed by atoms with Gasteiger partial charge in [-0.1, -0.05) is 92.1 Å². The summed E-state index contributed by atoms with van der Waals surface area (Å²) in [6, 6.07) is 8.36. The van der Waals surface area contributed by atoms with Crippen LogP contribution < -0.4 is 0 Å². The minimum Gasteiger partial charge on any atom is -0.377 e. The average molecular weight is 393 g/mol. The van der Waals surface area contributed by atoms with Crippen molar-refractivity contribution in [3.63, 3.8) is 0 Å². The average Bonchev–Trinajstić information content (AvgIpc) is 2.98. The molecule has 0 saturated heterocycles. The maximum Gasteiger partial charge on any atom is 0.0716 e. The lowest BCUT2D eigenvalue weighted by molar-refractivity contribution is 0.116. The van der Waals surface area contributed by atoms with E-state index in [4.69, 9.17) is 9.47 Å². The molecule has 2 rings (SSSR count). The van der Waals surface area contributed by atoms with E-state index in [-0.39, 0.29) is 0 Å². The molecule has 1 aliphatic rings. The second-order valence-corrected chi connectivity index (χ2v) is 7.48. The SMILES string of the molecule is C=CCC1=CC=C(COCCCCCCCOCc2ccc(C=C)cc2)C=CC1. The summed E-state index contributed by atoms with van der Waals surface area (Å²) in [6.45, 7) is 10.7. The van der Waals surface area contributed by atoms with Crippen LogP contribution in [0.1, 0.15) is 56.1 Å². The van der Waals surface area contributed by atoms with E-state index < -0.39 is 0 Å². The standard InChI is InChI=1S/C27H36O2/c1-3-11-25-12-10-13-26(19-16-25)22-28-20-8-6-5-7-9-21-29-23-27-17-14-24(4-2)15-18-27/h3-4,10,13-19H,1-2,5-9,11-12,20-23H2. The molecule has 0 aliphatic heterocycles. The van der Waals surface area contributed by atoms with E-state index in [1.54, 1.807) is 0 Å². The number of hydrogen-bond acceptors (Lipinski definition) is 2. The van der Waals surface area contributed by atoms with Crippen molar-refractivity contribution in [1.82, 2.24) is 0 Å². The van der Waals surface area contributed by atoms with Crippen LogP contribution in [-0.4, -0.2) is 19.8 Å². The van der Waals surface area contributed by atoms with Crippen molar-refractivity contribution >= 4 is 6.08 Å². The van der Waals surface area contributed by atoms with E-state index in [0.717, 1.165) is 44.5 Å². The number of rotatable bonds is 15. The predicted octanol–water partition coefficient (Wildman–Crippen LogP) is 7.20. The molecule has 0 saturated carbocycles. The maximum atomic E-state index is 5.83. The lowest BCUT2D eigenvalue weighted by Gasteiger charge is -2.06. The molecule has 0 aromatic heterocycles. The third kappa shape index (κ3) is 10.3. The van der Waals surface area contributed by atoms with Crippen LogP contribution in [-0.2, 0) is 16.1 Å². The molecule has 2 heteroatoms. The monoisotopic (exact) mass is 392 g/mol. The molecule has 0 spiro atoms. The Morgan fingerprint density at radius 2 is 1.52 bits per heavy atom. The highest BCUT2D eigenvalue weighted by atomic mass is 16.5. The van der Waals surface area contributed by atoms with Crippen LogP contribution in [0.2, 0.25) is 0 Å². The molecule has 1 aromatic rings. The minimum absolute atomic E-state index is 0.694.